The molecule has 0 atom stereocenters. The first-order valence-corrected chi connectivity index (χ1v) is 4.65. The zero-order valence-corrected chi connectivity index (χ0v) is 8.40. The second-order valence-corrected chi connectivity index (χ2v) is 3.47. The molecule has 0 saturated carbocycles. The van der Waals surface area contributed by atoms with Crippen molar-refractivity contribution in [3.63, 3.8) is 0 Å². The third-order valence-corrected chi connectivity index (χ3v) is 2.54. The summed E-state index contributed by atoms with van der Waals surface area (Å²) in [5.41, 5.74) is 7.00. The van der Waals surface area contributed by atoms with Crippen molar-refractivity contribution < 1.29 is 5.11 Å². The Bertz CT molecular complexity index is 573. The Labute approximate surface area is 86.6 Å². The van der Waals surface area contributed by atoms with E-state index in [1.807, 2.05) is 0 Å². The number of nitrogens with two attached hydrogens (primary N) is 1. The van der Waals surface area contributed by atoms with Gasteiger partial charge in [-0.3, -0.25) is 4.79 Å². The minimum absolute atomic E-state index is 0.0892. The molecule has 0 radical (unpaired) electrons. The first-order chi connectivity index (χ1) is 7.13. The molecule has 1 heterocycles. The average Bonchev–Trinajstić information content (AvgIpc) is 2.23. The second-order valence-electron chi connectivity index (χ2n) is 3.47. The van der Waals surface area contributed by atoms with E-state index in [9.17, 15) is 9.90 Å². The number of benzene rings is 1. The van der Waals surface area contributed by atoms with Crippen molar-refractivity contribution in [3.05, 3.63) is 40.2 Å². The number of aryl methyl sites for hydroxylation is 1. The Morgan fingerprint density at radius 2 is 2.13 bits per heavy atom. The highest BCUT2D eigenvalue weighted by atomic mass is 16.3. The van der Waals surface area contributed by atoms with Gasteiger partial charge in [-0.2, -0.15) is 0 Å². The number of pyridine rings is 1. The van der Waals surface area contributed by atoms with Gasteiger partial charge in [0.05, 0.1) is 5.52 Å². The minimum Gasteiger partial charge on any atom is -0.508 e. The zero-order chi connectivity index (χ0) is 11.0. The lowest BCUT2D eigenvalue weighted by Gasteiger charge is -2.08. The van der Waals surface area contributed by atoms with Gasteiger partial charge in [-0.15, -0.1) is 0 Å². The molecule has 3 N–H and O–H groups in total. The van der Waals surface area contributed by atoms with Crippen LogP contribution >= 0.6 is 0 Å². The molecule has 0 bridgehead atoms. The summed E-state index contributed by atoms with van der Waals surface area (Å²) in [4.78, 5) is 11.5. The topological polar surface area (TPSA) is 68.2 Å². The normalized spacial score (nSPS) is 10.8. The van der Waals surface area contributed by atoms with Crippen molar-refractivity contribution >= 4 is 10.9 Å². The summed E-state index contributed by atoms with van der Waals surface area (Å²) in [6.07, 6.45) is 0. The van der Waals surface area contributed by atoms with Gasteiger partial charge in [0.1, 0.15) is 5.75 Å². The quantitative estimate of drug-likeness (QED) is 0.718. The Balaban J connectivity index is 2.96. The molecule has 0 aliphatic rings. The molecular weight excluding hydrogens is 192 g/mol. The molecule has 0 fully saturated rings. The summed E-state index contributed by atoms with van der Waals surface area (Å²) >= 11 is 0. The van der Waals surface area contributed by atoms with Gasteiger partial charge >= 0.3 is 0 Å². The minimum atomic E-state index is -0.0892. The van der Waals surface area contributed by atoms with Crippen LogP contribution in [-0.2, 0) is 13.6 Å². The predicted molar refractivity (Wildman–Crippen MR) is 58.7 cm³/mol. The van der Waals surface area contributed by atoms with Crippen LogP contribution in [0, 0.1) is 0 Å². The molecule has 0 aliphatic carbocycles. The molecule has 4 heteroatoms. The van der Waals surface area contributed by atoms with Crippen molar-refractivity contribution in [2.24, 2.45) is 12.8 Å². The lowest BCUT2D eigenvalue weighted by Crippen LogP contribution is -2.18. The molecule has 4 nitrogen and oxygen atoms in total. The summed E-state index contributed by atoms with van der Waals surface area (Å²) in [5.74, 6) is 0.177. The van der Waals surface area contributed by atoms with Gasteiger partial charge in [0.15, 0.2) is 0 Å². The van der Waals surface area contributed by atoms with E-state index in [0.717, 1.165) is 16.5 Å². The van der Waals surface area contributed by atoms with Crippen molar-refractivity contribution in [2.75, 3.05) is 0 Å². The number of aromatic nitrogens is 1. The van der Waals surface area contributed by atoms with Crippen LogP contribution in [0.25, 0.3) is 10.9 Å². The number of hydrogen-bond donors (Lipinski definition) is 2. The largest absolute Gasteiger partial charge is 0.508 e. The summed E-state index contributed by atoms with van der Waals surface area (Å²) in [6, 6.07) is 6.39. The second kappa shape index (κ2) is 3.40. The van der Waals surface area contributed by atoms with Crippen LogP contribution in [-0.4, -0.2) is 9.67 Å². The Kier molecular flexibility index (Phi) is 2.21. The predicted octanol–water partition coefficient (Wildman–Crippen LogP) is 0.703. The van der Waals surface area contributed by atoms with Crippen molar-refractivity contribution in [1.29, 1.82) is 0 Å². The summed E-state index contributed by atoms with van der Waals surface area (Å²) in [5, 5.41) is 10.2. The summed E-state index contributed by atoms with van der Waals surface area (Å²) < 4.78 is 1.54. The molecule has 2 rings (SSSR count). The molecule has 0 saturated heterocycles. The van der Waals surface area contributed by atoms with Crippen molar-refractivity contribution in [1.82, 2.24) is 4.57 Å². The lowest BCUT2D eigenvalue weighted by atomic mass is 10.1. The van der Waals surface area contributed by atoms with E-state index in [1.54, 1.807) is 25.2 Å². The van der Waals surface area contributed by atoms with E-state index in [2.05, 4.69) is 0 Å². The molecule has 0 spiro atoms. The molecule has 1 aromatic carbocycles. The lowest BCUT2D eigenvalue weighted by molar-refractivity contribution is 0.476. The summed E-state index contributed by atoms with van der Waals surface area (Å²) in [7, 11) is 1.70. The fourth-order valence-electron chi connectivity index (χ4n) is 1.68. The molecule has 0 amide bonds. The highest BCUT2D eigenvalue weighted by Gasteiger charge is 2.05. The van der Waals surface area contributed by atoms with Crippen LogP contribution < -0.4 is 11.3 Å². The fourth-order valence-corrected chi connectivity index (χ4v) is 1.68. The van der Waals surface area contributed by atoms with E-state index >= 15 is 0 Å². The van der Waals surface area contributed by atoms with Crippen LogP contribution in [0.3, 0.4) is 0 Å². The Morgan fingerprint density at radius 1 is 1.40 bits per heavy atom. The Morgan fingerprint density at radius 3 is 2.80 bits per heavy atom. The number of rotatable bonds is 1. The van der Waals surface area contributed by atoms with Gasteiger partial charge in [-0.25, -0.2) is 0 Å². The number of phenols is 1. The first kappa shape index (κ1) is 9.73. The number of nitrogens with zero attached hydrogens (tertiary/aromatic N) is 1. The third kappa shape index (κ3) is 1.49. The first-order valence-electron chi connectivity index (χ1n) is 4.65. The molecule has 0 aliphatic heterocycles. The number of hydrogen-bond acceptors (Lipinski definition) is 3. The zero-order valence-electron chi connectivity index (χ0n) is 8.40. The average molecular weight is 204 g/mol. The van der Waals surface area contributed by atoms with Crippen LogP contribution in [0.1, 0.15) is 5.56 Å². The summed E-state index contributed by atoms with van der Waals surface area (Å²) in [6.45, 7) is 0.288. The van der Waals surface area contributed by atoms with Crippen LogP contribution in [0.15, 0.2) is 29.1 Å². The molecule has 0 unspecified atom stereocenters. The van der Waals surface area contributed by atoms with Gasteiger partial charge in [-0.1, -0.05) is 0 Å². The molecule has 1 aromatic heterocycles. The maximum atomic E-state index is 11.5. The molecule has 78 valence electrons. The van der Waals surface area contributed by atoms with Gasteiger partial charge in [0, 0.05) is 25.0 Å². The van der Waals surface area contributed by atoms with Gasteiger partial charge in [0.2, 0.25) is 0 Å². The highest BCUT2D eigenvalue weighted by Crippen LogP contribution is 2.21. The SMILES string of the molecule is Cn1c(=O)cc(CN)c2cc(O)ccc21. The maximum Gasteiger partial charge on any atom is 0.251 e. The van der Waals surface area contributed by atoms with Gasteiger partial charge in [0.25, 0.3) is 5.56 Å². The number of phenolic OH excluding ortho intramolecular Hbond substituents is 1. The van der Waals surface area contributed by atoms with Gasteiger partial charge < -0.3 is 15.4 Å². The van der Waals surface area contributed by atoms with Crippen LogP contribution in [0.2, 0.25) is 0 Å². The van der Waals surface area contributed by atoms with E-state index in [1.165, 1.54) is 10.6 Å². The fraction of sp³-hybridized carbons (Fsp3) is 0.182. The van der Waals surface area contributed by atoms with E-state index in [0.29, 0.717) is 0 Å². The molecule has 15 heavy (non-hydrogen) atoms. The highest BCUT2D eigenvalue weighted by molar-refractivity contribution is 5.83. The molecular formula is C11H12N2O2. The van der Waals surface area contributed by atoms with Crippen molar-refractivity contribution in [3.8, 4) is 5.75 Å². The number of fused-ring (bicyclic) bond motifs is 1. The maximum absolute atomic E-state index is 11.5. The standard InChI is InChI=1S/C11H12N2O2/c1-13-10-3-2-8(14)5-9(10)7(6-12)4-11(13)15/h2-5,14H,6,12H2,1H3. The van der Waals surface area contributed by atoms with E-state index < -0.39 is 0 Å². The molecule has 2 aromatic rings. The van der Waals surface area contributed by atoms with E-state index in [4.69, 9.17) is 5.73 Å². The van der Waals surface area contributed by atoms with Crippen LogP contribution in [0.4, 0.5) is 0 Å². The van der Waals surface area contributed by atoms with E-state index in [-0.39, 0.29) is 17.9 Å². The van der Waals surface area contributed by atoms with Gasteiger partial charge in [-0.05, 0) is 23.8 Å². The van der Waals surface area contributed by atoms with Crippen LogP contribution in [0.5, 0.6) is 5.75 Å². The Hall–Kier alpha value is -1.81. The van der Waals surface area contributed by atoms with Crippen molar-refractivity contribution in [2.45, 2.75) is 6.54 Å². The number of aromatic hydroxyl groups is 1. The smallest absolute Gasteiger partial charge is 0.251 e. The third-order valence-electron chi connectivity index (χ3n) is 2.54. The monoisotopic (exact) mass is 204 g/mol.